The lowest BCUT2D eigenvalue weighted by Gasteiger charge is -2.22. The lowest BCUT2D eigenvalue weighted by molar-refractivity contribution is -0.148. The second kappa shape index (κ2) is 41.9. The number of carbonyl (C=O) groups is 2. The molecule has 5 atom stereocenters. The third kappa shape index (κ3) is 38.4. The van der Waals surface area contributed by atoms with Gasteiger partial charge in [0.25, 0.3) is 0 Å². The largest absolute Gasteiger partial charge is 0.492 e. The number of nitrogens with two attached hydrogens (primary N) is 2. The van der Waals surface area contributed by atoms with Gasteiger partial charge in [0.05, 0.1) is 25.6 Å². The van der Waals surface area contributed by atoms with Gasteiger partial charge in [-0.3, -0.25) is 18.6 Å². The zero-order valence-corrected chi connectivity index (χ0v) is 38.5. The summed E-state index contributed by atoms with van der Waals surface area (Å²) in [6.07, 6.45) is 43.2. The average Bonchev–Trinajstić information content (AvgIpc) is 3.22. The topological polar surface area (TPSA) is 201 Å². The molecule has 7 N–H and O–H groups in total. The molecule has 0 saturated carbocycles. The molecule has 0 aromatic heterocycles. The minimum absolute atomic E-state index is 0.0299. The fourth-order valence-electron chi connectivity index (χ4n) is 5.65. The van der Waals surface area contributed by atoms with E-state index in [1.165, 1.54) is 95.1 Å². The first-order chi connectivity index (χ1) is 29.1. The number of aliphatic hydroxyl groups excluding tert-OH is 1. The Kier molecular flexibility index (Phi) is 40.1. The number of thioether (sulfide) groups is 1. The Morgan fingerprint density at radius 2 is 1.32 bits per heavy atom. The van der Waals surface area contributed by atoms with Crippen molar-refractivity contribution >= 4 is 31.5 Å². The van der Waals surface area contributed by atoms with Gasteiger partial charge in [0.15, 0.2) is 6.10 Å². The van der Waals surface area contributed by atoms with Crippen molar-refractivity contribution in [3.8, 4) is 0 Å². The van der Waals surface area contributed by atoms with Gasteiger partial charge >= 0.3 is 19.8 Å². The number of phosphoric acid groups is 1. The van der Waals surface area contributed by atoms with E-state index in [4.69, 9.17) is 35.1 Å². The van der Waals surface area contributed by atoms with E-state index >= 15 is 0 Å². The highest BCUT2D eigenvalue weighted by molar-refractivity contribution is 8.00. The van der Waals surface area contributed by atoms with Crippen molar-refractivity contribution < 1.29 is 47.8 Å². The lowest BCUT2D eigenvalue weighted by Crippen LogP contribution is -2.38. The summed E-state index contributed by atoms with van der Waals surface area (Å²) < 4.78 is 33.3. The molecule has 14 heteroatoms. The first-order valence-electron chi connectivity index (χ1n) is 22.4. The summed E-state index contributed by atoms with van der Waals surface area (Å²) >= 11 is 1.26. The number of aliphatic hydroxyl groups is 1. The van der Waals surface area contributed by atoms with Gasteiger partial charge < -0.3 is 36.0 Å². The second-order valence-corrected chi connectivity index (χ2v) is 17.5. The predicted octanol–water partition coefficient (Wildman–Crippen LogP) is 10.4. The van der Waals surface area contributed by atoms with Gasteiger partial charge in [-0.2, -0.15) is 0 Å². The molecular weight excluding hydrogens is 804 g/mol. The molecule has 0 bridgehead atoms. The maximum Gasteiger partial charge on any atom is 0.472 e. The molecule has 0 heterocycles. The van der Waals surface area contributed by atoms with Crippen molar-refractivity contribution in [3.05, 3.63) is 73.1 Å². The number of phosphoric ester groups is 1. The first kappa shape index (κ1) is 57.5. The van der Waals surface area contributed by atoms with Crippen LogP contribution in [0.25, 0.3) is 0 Å². The van der Waals surface area contributed by atoms with E-state index < -0.39 is 49.9 Å². The molecule has 1 unspecified atom stereocenters. The van der Waals surface area contributed by atoms with Crippen LogP contribution in [0.5, 0.6) is 0 Å². The van der Waals surface area contributed by atoms with E-state index in [0.29, 0.717) is 6.42 Å². The smallest absolute Gasteiger partial charge is 0.472 e. The van der Waals surface area contributed by atoms with Crippen LogP contribution in [-0.4, -0.2) is 82.7 Å². The van der Waals surface area contributed by atoms with Crippen LogP contribution < -0.4 is 11.5 Å². The Labute approximate surface area is 367 Å². The minimum Gasteiger partial charge on any atom is -0.492 e. The van der Waals surface area contributed by atoms with Crippen LogP contribution in [0.1, 0.15) is 149 Å². The molecule has 0 aliphatic heterocycles. The summed E-state index contributed by atoms with van der Waals surface area (Å²) in [6, 6.07) is -1.06. The molecule has 0 saturated heterocycles. The number of hydrogen-bond acceptors (Lipinski definition) is 11. The monoisotopic (exact) mass is 885 g/mol. The SMILES string of the molecule is CCCCC/C=C\C\C=C/C=C/C=C/[C@@H](SC[C@H](N)C(=O)OC[C@H](COP(=O)(O)OCCN)O/C=C/CCCCCCCC/C=C\CCCCCC)[C@@H](O)CCCC(=O)O. The molecule has 0 aliphatic rings. The Balaban J connectivity index is 5.02. The predicted molar refractivity (Wildman–Crippen MR) is 248 cm³/mol. The maximum absolute atomic E-state index is 12.9. The van der Waals surface area contributed by atoms with Crippen LogP contribution >= 0.6 is 19.6 Å². The van der Waals surface area contributed by atoms with Crippen LogP contribution in [0, 0.1) is 0 Å². The van der Waals surface area contributed by atoms with Crippen LogP contribution in [-0.2, 0) is 32.7 Å². The van der Waals surface area contributed by atoms with Gasteiger partial charge in [-0.05, 0) is 76.7 Å². The van der Waals surface area contributed by atoms with Crippen molar-refractivity contribution in [2.75, 3.05) is 32.1 Å². The number of carbonyl (C=O) groups excluding carboxylic acids is 1. The highest BCUT2D eigenvalue weighted by Gasteiger charge is 2.26. The van der Waals surface area contributed by atoms with Crippen molar-refractivity contribution in [1.82, 2.24) is 0 Å². The maximum atomic E-state index is 12.9. The number of allylic oxidation sites excluding steroid dienone is 10. The molecule has 12 nitrogen and oxygen atoms in total. The van der Waals surface area contributed by atoms with Gasteiger partial charge in [-0.25, -0.2) is 4.57 Å². The number of unbranched alkanes of at least 4 members (excludes halogenated alkanes) is 14. The number of aliphatic carboxylic acids is 1. The molecule has 0 radical (unpaired) electrons. The van der Waals surface area contributed by atoms with Crippen LogP contribution in [0.4, 0.5) is 0 Å². The van der Waals surface area contributed by atoms with E-state index in [0.717, 1.165) is 38.5 Å². The van der Waals surface area contributed by atoms with Crippen molar-refractivity contribution in [3.63, 3.8) is 0 Å². The molecular formula is C46H81N2O10PS. The Bertz CT molecular complexity index is 1280. The third-order valence-corrected chi connectivity index (χ3v) is 11.6. The number of hydrogen-bond donors (Lipinski definition) is 5. The van der Waals surface area contributed by atoms with E-state index in [1.54, 1.807) is 12.2 Å². The van der Waals surface area contributed by atoms with Gasteiger partial charge in [0.1, 0.15) is 12.6 Å². The lowest BCUT2D eigenvalue weighted by atomic mass is 10.1. The quantitative estimate of drug-likeness (QED) is 0.00969. The summed E-state index contributed by atoms with van der Waals surface area (Å²) in [5, 5.41) is 19.5. The molecule has 0 amide bonds. The zero-order valence-electron chi connectivity index (χ0n) is 36.8. The van der Waals surface area contributed by atoms with Gasteiger partial charge in [-0.1, -0.05) is 132 Å². The standard InChI is InChI=1S/C46H81N2O10PS/c1-3-5-7-9-11-13-15-17-18-19-20-22-24-26-28-30-36-55-41(39-58-59(53,54)57-37-35-47)38-56-46(52)42(48)40-60-44(43(49)32-31-34-45(50)51)33-29-27-25-23-21-16-14-12-10-8-6-4-2/h12-15,21,23,25,27,29-30,33,36,41-44,49H,3-11,16-20,22,24,26,28,31-32,34-35,37-40,47-48H2,1-2H3,(H,50,51)(H,53,54)/b14-12-,15-13-,23-21-,27-25+,33-29+,36-30+/t41-,42+,43+,44-/m1/s1. The summed E-state index contributed by atoms with van der Waals surface area (Å²) in [6.45, 7) is 3.57. The molecule has 0 spiro atoms. The highest BCUT2D eigenvalue weighted by atomic mass is 32.2. The molecule has 60 heavy (non-hydrogen) atoms. The first-order valence-corrected chi connectivity index (χ1v) is 25.0. The number of ether oxygens (including phenoxy) is 2. The summed E-state index contributed by atoms with van der Waals surface area (Å²) in [4.78, 5) is 33.9. The number of carboxylic acids is 1. The molecule has 0 aromatic rings. The minimum atomic E-state index is -4.41. The Morgan fingerprint density at radius 1 is 0.733 bits per heavy atom. The molecule has 346 valence electrons. The van der Waals surface area contributed by atoms with Gasteiger partial charge in [-0.15, -0.1) is 11.8 Å². The fraction of sp³-hybridized carbons (Fsp3) is 0.696. The number of rotatable bonds is 42. The van der Waals surface area contributed by atoms with Crippen LogP contribution in [0.2, 0.25) is 0 Å². The normalized spacial score (nSPS) is 15.5. The zero-order chi connectivity index (χ0) is 44.4. The van der Waals surface area contributed by atoms with E-state index in [1.807, 2.05) is 24.3 Å². The van der Waals surface area contributed by atoms with Crippen molar-refractivity contribution in [2.45, 2.75) is 172 Å². The molecule has 0 fully saturated rings. The Hall–Kier alpha value is -2.48. The number of carboxylic acid groups (broad SMARTS) is 1. The van der Waals surface area contributed by atoms with Crippen LogP contribution in [0.3, 0.4) is 0 Å². The van der Waals surface area contributed by atoms with Crippen LogP contribution in [0.15, 0.2) is 73.1 Å². The third-order valence-electron chi connectivity index (χ3n) is 9.18. The number of esters is 1. The molecule has 0 aromatic carbocycles. The second-order valence-electron chi connectivity index (χ2n) is 14.8. The molecule has 0 rings (SSSR count). The van der Waals surface area contributed by atoms with Gasteiger partial charge in [0.2, 0.25) is 0 Å². The van der Waals surface area contributed by atoms with Crippen molar-refractivity contribution in [2.24, 2.45) is 11.5 Å². The van der Waals surface area contributed by atoms with E-state index in [2.05, 4.69) is 44.2 Å². The molecule has 0 aliphatic carbocycles. The summed E-state index contributed by atoms with van der Waals surface area (Å²) in [7, 11) is -4.41. The van der Waals surface area contributed by atoms with E-state index in [9.17, 15) is 24.2 Å². The fourth-order valence-corrected chi connectivity index (χ4v) is 7.54. The average molecular weight is 885 g/mol. The van der Waals surface area contributed by atoms with E-state index in [-0.39, 0.29) is 38.4 Å². The Morgan fingerprint density at radius 3 is 1.97 bits per heavy atom. The highest BCUT2D eigenvalue weighted by Crippen LogP contribution is 2.43. The van der Waals surface area contributed by atoms with Crippen molar-refractivity contribution in [1.29, 1.82) is 0 Å². The summed E-state index contributed by atoms with van der Waals surface area (Å²) in [5.41, 5.74) is 11.6. The summed E-state index contributed by atoms with van der Waals surface area (Å²) in [5.74, 6) is -1.55. The van der Waals surface area contributed by atoms with Gasteiger partial charge in [0, 0.05) is 24.0 Å².